The second kappa shape index (κ2) is 8.03. The van der Waals surface area contributed by atoms with Crippen molar-refractivity contribution in [2.75, 3.05) is 13.1 Å². The number of amides is 1. The molecule has 4 rings (SSSR count). The second-order valence-corrected chi connectivity index (χ2v) is 11.1. The number of nitrogens with zero attached hydrogens (tertiary/aromatic N) is 3. The summed E-state index contributed by atoms with van der Waals surface area (Å²) < 4.78 is 0. The van der Waals surface area contributed by atoms with Crippen LogP contribution in [-0.4, -0.2) is 52.2 Å². The zero-order chi connectivity index (χ0) is 21.5. The number of aryl methyl sites for hydroxylation is 1. The molecule has 6 nitrogen and oxygen atoms in total. The zero-order valence-corrected chi connectivity index (χ0v) is 18.9. The van der Waals surface area contributed by atoms with E-state index in [9.17, 15) is 9.59 Å². The lowest BCUT2D eigenvalue weighted by molar-refractivity contribution is -0.151. The van der Waals surface area contributed by atoms with E-state index in [4.69, 9.17) is 0 Å². The quantitative estimate of drug-likeness (QED) is 0.752. The Morgan fingerprint density at radius 1 is 1.17 bits per heavy atom. The van der Waals surface area contributed by atoms with Gasteiger partial charge in [0.25, 0.3) is 0 Å². The van der Waals surface area contributed by atoms with Crippen molar-refractivity contribution >= 4 is 12.2 Å². The molecule has 1 amide bonds. The Bertz CT molecular complexity index is 763. The first kappa shape index (κ1) is 21.4. The second-order valence-electron chi connectivity index (χ2n) is 11.1. The monoisotopic (exact) mass is 412 g/mol. The van der Waals surface area contributed by atoms with Crippen molar-refractivity contribution in [2.45, 2.75) is 84.2 Å². The average molecular weight is 413 g/mol. The third-order valence-electron chi connectivity index (χ3n) is 7.66. The Morgan fingerprint density at radius 3 is 2.30 bits per heavy atom. The van der Waals surface area contributed by atoms with Crippen molar-refractivity contribution in [1.29, 1.82) is 0 Å². The van der Waals surface area contributed by atoms with Gasteiger partial charge in [0, 0.05) is 37.4 Å². The minimum Gasteiger partial charge on any atom is -0.346 e. The lowest BCUT2D eigenvalue weighted by atomic mass is 9.57. The minimum absolute atomic E-state index is 0.0620. The number of rotatable bonds is 5. The van der Waals surface area contributed by atoms with E-state index < -0.39 is 6.04 Å². The van der Waals surface area contributed by atoms with Crippen LogP contribution >= 0.6 is 0 Å². The molecule has 1 N–H and O–H groups in total. The van der Waals surface area contributed by atoms with E-state index in [0.717, 1.165) is 38.0 Å². The summed E-state index contributed by atoms with van der Waals surface area (Å²) >= 11 is 0. The highest BCUT2D eigenvalue weighted by Gasteiger charge is 2.55. The normalized spacial score (nSPS) is 27.7. The molecule has 3 aliphatic rings. The van der Waals surface area contributed by atoms with Gasteiger partial charge in [-0.15, -0.1) is 0 Å². The number of aldehydes is 1. The first-order valence-corrected chi connectivity index (χ1v) is 11.5. The molecule has 1 spiro atoms. The summed E-state index contributed by atoms with van der Waals surface area (Å²) in [5.74, 6) is 1.58. The van der Waals surface area contributed by atoms with Crippen LogP contribution in [-0.2, 0) is 9.59 Å². The summed E-state index contributed by atoms with van der Waals surface area (Å²) in [5.41, 5.74) is 1.40. The number of aromatic nitrogens is 2. The van der Waals surface area contributed by atoms with E-state index in [1.807, 2.05) is 40.1 Å². The van der Waals surface area contributed by atoms with E-state index >= 15 is 0 Å². The Morgan fingerprint density at radius 2 is 1.77 bits per heavy atom. The third kappa shape index (κ3) is 4.29. The van der Waals surface area contributed by atoms with Crippen LogP contribution in [0.3, 0.4) is 0 Å². The van der Waals surface area contributed by atoms with Crippen LogP contribution in [0.25, 0.3) is 0 Å². The predicted octanol–water partition coefficient (Wildman–Crippen LogP) is 3.25. The number of likely N-dealkylation sites (tertiary alicyclic amines) is 1. The van der Waals surface area contributed by atoms with Crippen molar-refractivity contribution in [3.63, 3.8) is 0 Å². The molecule has 1 aliphatic heterocycles. The van der Waals surface area contributed by atoms with Gasteiger partial charge in [0.2, 0.25) is 5.91 Å². The fraction of sp³-hybridized carbons (Fsp3) is 0.750. The highest BCUT2D eigenvalue weighted by Crippen LogP contribution is 2.53. The zero-order valence-electron chi connectivity index (χ0n) is 18.9. The number of carbonyl (C=O) groups excluding carboxylic acids is 2. The molecule has 1 aromatic rings. The molecule has 1 saturated heterocycles. The smallest absolute Gasteiger partial charge is 0.223 e. The van der Waals surface area contributed by atoms with Gasteiger partial charge in [-0.25, -0.2) is 9.97 Å². The third-order valence-corrected chi connectivity index (χ3v) is 7.66. The first-order valence-electron chi connectivity index (χ1n) is 11.5. The topological polar surface area (TPSA) is 75.2 Å². The van der Waals surface area contributed by atoms with Crippen molar-refractivity contribution in [3.05, 3.63) is 23.8 Å². The standard InChI is InChI=1S/C24H36N4O2/c1-16-25-11-19(12-26-16)17-5-7-20(8-6-17)28-14-24(15-28)9-18(10-24)22(30)27-21(13-29)23(2,3)4/h11-13,17-18,20-21H,5-10,14-15H2,1-4H3,(H,27,30). The average Bonchev–Trinajstić information content (AvgIpc) is 2.64. The molecule has 2 heterocycles. The highest BCUT2D eigenvalue weighted by atomic mass is 16.2. The molecular weight excluding hydrogens is 376 g/mol. The highest BCUT2D eigenvalue weighted by molar-refractivity contribution is 5.83. The minimum atomic E-state index is -0.409. The summed E-state index contributed by atoms with van der Waals surface area (Å²) in [6, 6.07) is 0.278. The molecule has 1 atom stereocenters. The number of nitrogens with one attached hydrogen (secondary N) is 1. The van der Waals surface area contributed by atoms with Crippen molar-refractivity contribution < 1.29 is 9.59 Å². The SMILES string of the molecule is Cc1ncc(C2CCC(N3CC4(CC(C(=O)NC(C=O)C(C)(C)C)C4)C3)CC2)cn1. The van der Waals surface area contributed by atoms with Crippen LogP contribution in [0.1, 0.15) is 76.6 Å². The fourth-order valence-electron chi connectivity index (χ4n) is 5.62. The van der Waals surface area contributed by atoms with E-state index in [2.05, 4.69) is 20.2 Å². The van der Waals surface area contributed by atoms with Gasteiger partial charge in [-0.2, -0.15) is 0 Å². The molecule has 2 aliphatic carbocycles. The van der Waals surface area contributed by atoms with Crippen LogP contribution in [0, 0.1) is 23.7 Å². The Hall–Kier alpha value is -1.82. The van der Waals surface area contributed by atoms with Gasteiger partial charge in [-0.1, -0.05) is 20.8 Å². The van der Waals surface area contributed by atoms with Gasteiger partial charge in [0.05, 0.1) is 6.04 Å². The maximum absolute atomic E-state index is 12.6. The Labute approximate surface area is 180 Å². The molecular formula is C24H36N4O2. The number of hydrogen-bond donors (Lipinski definition) is 1. The van der Waals surface area contributed by atoms with Gasteiger partial charge in [-0.05, 0) is 67.8 Å². The van der Waals surface area contributed by atoms with Gasteiger partial charge >= 0.3 is 0 Å². The fourth-order valence-corrected chi connectivity index (χ4v) is 5.62. The van der Waals surface area contributed by atoms with Crippen LogP contribution < -0.4 is 5.32 Å². The molecule has 30 heavy (non-hydrogen) atoms. The van der Waals surface area contributed by atoms with Crippen LogP contribution in [0.5, 0.6) is 0 Å². The van der Waals surface area contributed by atoms with Gasteiger partial charge in [0.15, 0.2) is 0 Å². The summed E-state index contributed by atoms with van der Waals surface area (Å²) in [6.45, 7) is 10.2. The summed E-state index contributed by atoms with van der Waals surface area (Å²) in [6.07, 6.45) is 11.7. The number of hydrogen-bond acceptors (Lipinski definition) is 5. The largest absolute Gasteiger partial charge is 0.346 e. The van der Waals surface area contributed by atoms with Gasteiger partial charge < -0.3 is 10.1 Å². The Kier molecular flexibility index (Phi) is 5.73. The van der Waals surface area contributed by atoms with E-state index in [0.29, 0.717) is 17.4 Å². The lowest BCUT2D eigenvalue weighted by Gasteiger charge is -2.61. The Balaban J connectivity index is 1.20. The molecule has 164 valence electrons. The molecule has 1 aromatic heterocycles. The van der Waals surface area contributed by atoms with Crippen molar-refractivity contribution in [1.82, 2.24) is 20.2 Å². The molecule has 0 aromatic carbocycles. The van der Waals surface area contributed by atoms with Gasteiger partial charge in [-0.3, -0.25) is 9.69 Å². The van der Waals surface area contributed by atoms with Crippen molar-refractivity contribution in [2.24, 2.45) is 16.7 Å². The maximum atomic E-state index is 12.6. The first-order chi connectivity index (χ1) is 14.2. The maximum Gasteiger partial charge on any atom is 0.223 e. The number of carbonyl (C=O) groups is 2. The lowest BCUT2D eigenvalue weighted by Crippen LogP contribution is -2.66. The molecule has 2 saturated carbocycles. The van der Waals surface area contributed by atoms with Crippen molar-refractivity contribution in [3.8, 4) is 0 Å². The van der Waals surface area contributed by atoms with E-state index in [1.165, 1.54) is 31.2 Å². The molecule has 6 heteroatoms. The molecule has 0 bridgehead atoms. The molecule has 1 unspecified atom stereocenters. The summed E-state index contributed by atoms with van der Waals surface area (Å²) in [7, 11) is 0. The summed E-state index contributed by atoms with van der Waals surface area (Å²) in [5, 5.41) is 2.96. The van der Waals surface area contributed by atoms with Crippen LogP contribution in [0.2, 0.25) is 0 Å². The van der Waals surface area contributed by atoms with E-state index in [-0.39, 0.29) is 17.2 Å². The molecule has 0 radical (unpaired) electrons. The van der Waals surface area contributed by atoms with Gasteiger partial charge in [0.1, 0.15) is 12.1 Å². The summed E-state index contributed by atoms with van der Waals surface area (Å²) in [4.78, 5) is 35.2. The van der Waals surface area contributed by atoms with E-state index in [1.54, 1.807) is 0 Å². The van der Waals surface area contributed by atoms with Crippen LogP contribution in [0.4, 0.5) is 0 Å². The van der Waals surface area contributed by atoms with Crippen LogP contribution in [0.15, 0.2) is 12.4 Å². The molecule has 3 fully saturated rings. The predicted molar refractivity (Wildman–Crippen MR) is 116 cm³/mol.